The summed E-state index contributed by atoms with van der Waals surface area (Å²) in [6.07, 6.45) is 0. The number of hydrogen-bond acceptors (Lipinski definition) is 6. The van der Waals surface area contributed by atoms with Crippen molar-refractivity contribution in [1.29, 1.82) is 0 Å². The van der Waals surface area contributed by atoms with E-state index in [-0.39, 0.29) is 0 Å². The normalized spacial score (nSPS) is 13.4. The maximum Gasteiger partial charge on any atom is 0.291 e. The second-order valence-electron chi connectivity index (χ2n) is 4.43. The summed E-state index contributed by atoms with van der Waals surface area (Å²) in [4.78, 5) is 10.6. The monoisotopic (exact) mass is 298 g/mol. The summed E-state index contributed by atoms with van der Waals surface area (Å²) in [7, 11) is 3.22. The molecule has 3 rings (SSSR count). The average Bonchev–Trinajstić information content (AvgIpc) is 2.62. The molecule has 1 aliphatic rings. The third kappa shape index (κ3) is 2.85. The van der Waals surface area contributed by atoms with Gasteiger partial charge in [0, 0.05) is 11.1 Å². The van der Waals surface area contributed by atoms with Gasteiger partial charge in [-0.25, -0.2) is 0 Å². The minimum atomic E-state index is 0.292. The van der Waals surface area contributed by atoms with Crippen molar-refractivity contribution in [1.82, 2.24) is 0 Å². The van der Waals surface area contributed by atoms with E-state index in [0.717, 1.165) is 22.6 Å². The van der Waals surface area contributed by atoms with Crippen molar-refractivity contribution in [3.8, 4) is 11.5 Å². The summed E-state index contributed by atoms with van der Waals surface area (Å²) in [5.41, 5.74) is 1.50. The molecule has 0 amide bonds. The lowest BCUT2D eigenvalue weighted by Gasteiger charge is -2.12. The van der Waals surface area contributed by atoms with Crippen LogP contribution in [0, 0.1) is 0 Å². The molecule has 0 N–H and O–H groups in total. The van der Waals surface area contributed by atoms with E-state index in [2.05, 4.69) is 10.3 Å². The van der Waals surface area contributed by atoms with E-state index < -0.39 is 0 Å². The average molecular weight is 298 g/mol. The smallest absolute Gasteiger partial charge is 0.291 e. The minimum absolute atomic E-state index is 0.292. The van der Waals surface area contributed by atoms with Crippen molar-refractivity contribution in [2.75, 3.05) is 14.2 Å². The van der Waals surface area contributed by atoms with E-state index in [1.807, 2.05) is 48.5 Å². The second-order valence-corrected chi connectivity index (χ2v) is 4.43. The Morgan fingerprint density at radius 1 is 0.636 bits per heavy atom. The zero-order valence-corrected chi connectivity index (χ0v) is 12.1. The van der Waals surface area contributed by atoms with Crippen LogP contribution < -0.4 is 9.47 Å². The number of ether oxygens (including phenoxy) is 2. The number of hydrogen-bond donors (Lipinski definition) is 0. The number of methoxy groups -OCH3 is 2. The van der Waals surface area contributed by atoms with E-state index in [4.69, 9.17) is 19.1 Å². The highest BCUT2D eigenvalue weighted by molar-refractivity contribution is 5.99. The zero-order chi connectivity index (χ0) is 15.4. The van der Waals surface area contributed by atoms with Gasteiger partial charge in [-0.1, -0.05) is 0 Å². The van der Waals surface area contributed by atoms with Gasteiger partial charge in [0.1, 0.15) is 11.5 Å². The molecule has 6 nitrogen and oxygen atoms in total. The van der Waals surface area contributed by atoms with Crippen molar-refractivity contribution in [3.05, 3.63) is 59.7 Å². The summed E-state index contributed by atoms with van der Waals surface area (Å²) < 4.78 is 10.2. The fourth-order valence-electron chi connectivity index (χ4n) is 1.88. The molecule has 0 saturated heterocycles. The molecule has 0 spiro atoms. The molecule has 1 aliphatic heterocycles. The van der Waals surface area contributed by atoms with Gasteiger partial charge in [-0.05, 0) is 58.8 Å². The molecule has 2 aromatic carbocycles. The van der Waals surface area contributed by atoms with E-state index in [1.165, 1.54) is 0 Å². The lowest BCUT2D eigenvalue weighted by atomic mass is 10.2. The topological polar surface area (TPSA) is 61.6 Å². The predicted octanol–water partition coefficient (Wildman–Crippen LogP) is 2.77. The quantitative estimate of drug-likeness (QED) is 0.870. The van der Waals surface area contributed by atoms with Crippen molar-refractivity contribution in [2.24, 2.45) is 10.3 Å². The molecule has 1 heterocycles. The fourth-order valence-corrected chi connectivity index (χ4v) is 1.88. The summed E-state index contributed by atoms with van der Waals surface area (Å²) in [6.45, 7) is 0. The van der Waals surface area contributed by atoms with Crippen LogP contribution in [0.4, 0.5) is 0 Å². The van der Waals surface area contributed by atoms with Crippen LogP contribution in [-0.4, -0.2) is 26.0 Å². The Bertz CT molecular complexity index is 642. The van der Waals surface area contributed by atoms with Crippen LogP contribution in [-0.2, 0) is 9.68 Å². The van der Waals surface area contributed by atoms with Crippen LogP contribution in [0.1, 0.15) is 11.1 Å². The lowest BCUT2D eigenvalue weighted by Crippen LogP contribution is -2.15. The van der Waals surface area contributed by atoms with Crippen molar-refractivity contribution >= 4 is 11.8 Å². The zero-order valence-electron chi connectivity index (χ0n) is 12.1. The molecule has 0 radical (unpaired) electrons. The largest absolute Gasteiger partial charge is 0.497 e. The lowest BCUT2D eigenvalue weighted by molar-refractivity contribution is 0.219. The maximum absolute atomic E-state index is 5.30. The maximum atomic E-state index is 5.30. The van der Waals surface area contributed by atoms with Crippen LogP contribution in [0.3, 0.4) is 0 Å². The molecule has 6 heteroatoms. The summed E-state index contributed by atoms with van der Waals surface area (Å²) >= 11 is 0. The molecule has 0 aromatic heterocycles. The first-order valence-corrected chi connectivity index (χ1v) is 6.59. The van der Waals surface area contributed by atoms with E-state index in [0.29, 0.717) is 11.8 Å². The van der Waals surface area contributed by atoms with Gasteiger partial charge in [0.2, 0.25) is 0 Å². The fraction of sp³-hybridized carbons (Fsp3) is 0.125. The highest BCUT2D eigenvalue weighted by Gasteiger charge is 2.16. The first-order chi connectivity index (χ1) is 10.8. The molecule has 0 bridgehead atoms. The van der Waals surface area contributed by atoms with Crippen LogP contribution in [0.5, 0.6) is 11.5 Å². The molecule has 0 fully saturated rings. The first kappa shape index (κ1) is 13.9. The predicted molar refractivity (Wildman–Crippen MR) is 81.2 cm³/mol. The number of benzene rings is 2. The number of nitrogens with zero attached hydrogens (tertiary/aromatic N) is 2. The van der Waals surface area contributed by atoms with Crippen molar-refractivity contribution in [3.63, 3.8) is 0 Å². The standard InChI is InChI=1S/C16H14N2O4/c1-19-13-7-3-11(4-8-13)15-17-22-16(18-21-15)12-5-9-14(20-2)10-6-12/h3-10H,1-2H3. The van der Waals surface area contributed by atoms with E-state index >= 15 is 0 Å². The molecule has 0 unspecified atom stereocenters. The molecule has 2 aromatic rings. The van der Waals surface area contributed by atoms with Gasteiger partial charge in [0.05, 0.1) is 14.2 Å². The van der Waals surface area contributed by atoms with Crippen LogP contribution >= 0.6 is 0 Å². The molecular formula is C16H14N2O4. The Morgan fingerprint density at radius 2 is 1.00 bits per heavy atom. The molecule has 0 atom stereocenters. The summed E-state index contributed by atoms with van der Waals surface area (Å²) in [6, 6.07) is 14.5. The van der Waals surface area contributed by atoms with Gasteiger partial charge in [-0.3, -0.25) is 0 Å². The van der Waals surface area contributed by atoms with Gasteiger partial charge in [-0.2, -0.15) is 0 Å². The SMILES string of the molecule is COc1ccc(C2=NOC(c3ccc(OC)cc3)=NO2)cc1. The van der Waals surface area contributed by atoms with E-state index in [9.17, 15) is 0 Å². The number of rotatable bonds is 4. The summed E-state index contributed by atoms with van der Waals surface area (Å²) in [5.74, 6) is 2.09. The van der Waals surface area contributed by atoms with Gasteiger partial charge in [0.25, 0.3) is 11.8 Å². The van der Waals surface area contributed by atoms with Crippen molar-refractivity contribution < 1.29 is 19.1 Å². The molecule has 22 heavy (non-hydrogen) atoms. The Morgan fingerprint density at radius 3 is 1.27 bits per heavy atom. The van der Waals surface area contributed by atoms with Crippen molar-refractivity contribution in [2.45, 2.75) is 0 Å². The van der Waals surface area contributed by atoms with Crippen LogP contribution in [0.15, 0.2) is 58.8 Å². The molecule has 0 saturated carbocycles. The first-order valence-electron chi connectivity index (χ1n) is 6.59. The third-order valence-electron chi connectivity index (χ3n) is 3.10. The van der Waals surface area contributed by atoms with Gasteiger partial charge >= 0.3 is 0 Å². The molecule has 0 aliphatic carbocycles. The van der Waals surface area contributed by atoms with Gasteiger partial charge in [-0.15, -0.1) is 0 Å². The Hall–Kier alpha value is -3.02. The third-order valence-corrected chi connectivity index (χ3v) is 3.10. The molecule has 112 valence electrons. The minimum Gasteiger partial charge on any atom is -0.497 e. The number of oxime groups is 2. The Labute approximate surface area is 127 Å². The second kappa shape index (κ2) is 6.17. The summed E-state index contributed by atoms with van der Waals surface area (Å²) in [5, 5.41) is 7.89. The Balaban J connectivity index is 1.72. The van der Waals surface area contributed by atoms with E-state index in [1.54, 1.807) is 14.2 Å². The Kier molecular flexibility index (Phi) is 3.91. The van der Waals surface area contributed by atoms with Crippen LogP contribution in [0.25, 0.3) is 0 Å². The highest BCUT2D eigenvalue weighted by atomic mass is 16.7. The van der Waals surface area contributed by atoms with Crippen LogP contribution in [0.2, 0.25) is 0 Å². The van der Waals surface area contributed by atoms with Gasteiger partial charge < -0.3 is 19.1 Å². The van der Waals surface area contributed by atoms with Gasteiger partial charge in [0.15, 0.2) is 0 Å². The molecular weight excluding hydrogens is 284 g/mol. The highest BCUT2D eigenvalue weighted by Crippen LogP contribution is 2.17.